The van der Waals surface area contributed by atoms with E-state index >= 15 is 0 Å². The van der Waals surface area contributed by atoms with E-state index in [1.165, 1.54) is 7.11 Å². The van der Waals surface area contributed by atoms with E-state index < -0.39 is 6.10 Å². The van der Waals surface area contributed by atoms with E-state index in [2.05, 4.69) is 6.92 Å². The summed E-state index contributed by atoms with van der Waals surface area (Å²) in [5.41, 5.74) is 0.738. The zero-order valence-corrected chi connectivity index (χ0v) is 9.23. The van der Waals surface area contributed by atoms with Gasteiger partial charge in [0.15, 0.2) is 11.5 Å². The van der Waals surface area contributed by atoms with Gasteiger partial charge in [-0.05, 0) is 24.1 Å². The summed E-state index contributed by atoms with van der Waals surface area (Å²) >= 11 is 0. The van der Waals surface area contributed by atoms with Crippen LogP contribution in [0.2, 0.25) is 0 Å². The number of aromatic hydroxyl groups is 1. The van der Waals surface area contributed by atoms with E-state index in [0.717, 1.165) is 24.8 Å². The van der Waals surface area contributed by atoms with Crippen LogP contribution >= 0.6 is 0 Å². The van der Waals surface area contributed by atoms with Crippen LogP contribution in [0.25, 0.3) is 0 Å². The molecule has 2 N–H and O–H groups in total. The fourth-order valence-electron chi connectivity index (χ4n) is 1.48. The highest BCUT2D eigenvalue weighted by molar-refractivity contribution is 5.42. The molecule has 1 unspecified atom stereocenters. The summed E-state index contributed by atoms with van der Waals surface area (Å²) in [5, 5.41) is 19.3. The molecule has 0 fully saturated rings. The predicted octanol–water partition coefficient (Wildman–Crippen LogP) is 2.62. The molecule has 0 heterocycles. The first kappa shape index (κ1) is 11.9. The summed E-state index contributed by atoms with van der Waals surface area (Å²) in [6.07, 6.45) is 2.26. The van der Waals surface area contributed by atoms with Gasteiger partial charge in [0.2, 0.25) is 0 Å². The fraction of sp³-hybridized carbons (Fsp3) is 0.500. The first-order chi connectivity index (χ1) is 7.19. The van der Waals surface area contributed by atoms with Gasteiger partial charge >= 0.3 is 0 Å². The molecule has 0 saturated heterocycles. The minimum absolute atomic E-state index is 0.0746. The quantitative estimate of drug-likeness (QED) is 0.785. The Kier molecular flexibility index (Phi) is 4.43. The molecule has 0 saturated carbocycles. The Bertz CT molecular complexity index is 310. The van der Waals surface area contributed by atoms with Crippen LogP contribution in [0.5, 0.6) is 11.5 Å². The van der Waals surface area contributed by atoms with E-state index in [-0.39, 0.29) is 5.75 Å². The van der Waals surface area contributed by atoms with Gasteiger partial charge in [-0.3, -0.25) is 0 Å². The summed E-state index contributed by atoms with van der Waals surface area (Å²) in [7, 11) is 1.50. The van der Waals surface area contributed by atoms with Crippen molar-refractivity contribution in [3.05, 3.63) is 23.8 Å². The lowest BCUT2D eigenvalue weighted by atomic mass is 10.0. The Morgan fingerprint density at radius 2 is 2.13 bits per heavy atom. The van der Waals surface area contributed by atoms with Gasteiger partial charge in [-0.25, -0.2) is 0 Å². The third-order valence-electron chi connectivity index (χ3n) is 2.42. The molecule has 1 aromatic carbocycles. The summed E-state index contributed by atoms with van der Waals surface area (Å²) < 4.78 is 4.93. The molecule has 1 rings (SSSR count). The zero-order valence-electron chi connectivity index (χ0n) is 9.23. The van der Waals surface area contributed by atoms with Crippen molar-refractivity contribution in [1.29, 1.82) is 0 Å². The van der Waals surface area contributed by atoms with Gasteiger partial charge in [0, 0.05) is 0 Å². The average Bonchev–Trinajstić information content (AvgIpc) is 2.25. The lowest BCUT2D eigenvalue weighted by Gasteiger charge is -2.11. The molecule has 0 aliphatic heterocycles. The topological polar surface area (TPSA) is 49.7 Å². The Balaban J connectivity index is 2.73. The predicted molar refractivity (Wildman–Crippen MR) is 59.1 cm³/mol. The van der Waals surface area contributed by atoms with E-state index in [1.54, 1.807) is 18.2 Å². The van der Waals surface area contributed by atoms with E-state index in [4.69, 9.17) is 4.74 Å². The van der Waals surface area contributed by atoms with Crippen molar-refractivity contribution in [1.82, 2.24) is 0 Å². The third kappa shape index (κ3) is 3.13. The first-order valence-electron chi connectivity index (χ1n) is 5.24. The lowest BCUT2D eigenvalue weighted by Crippen LogP contribution is -1.97. The summed E-state index contributed by atoms with van der Waals surface area (Å²) in [5.74, 6) is 0.506. The molecule has 0 aromatic heterocycles. The smallest absolute Gasteiger partial charge is 0.160 e. The molecular weight excluding hydrogens is 192 g/mol. The number of benzene rings is 1. The molecule has 84 valence electrons. The average molecular weight is 210 g/mol. The number of phenols is 1. The van der Waals surface area contributed by atoms with Gasteiger partial charge in [0.25, 0.3) is 0 Å². The molecule has 3 heteroatoms. The minimum Gasteiger partial charge on any atom is -0.504 e. The van der Waals surface area contributed by atoms with Crippen LogP contribution in [0.4, 0.5) is 0 Å². The Morgan fingerprint density at radius 3 is 2.67 bits per heavy atom. The number of aliphatic hydroxyl groups excluding tert-OH is 1. The molecule has 0 radical (unpaired) electrons. The van der Waals surface area contributed by atoms with E-state index in [0.29, 0.717) is 5.75 Å². The fourth-order valence-corrected chi connectivity index (χ4v) is 1.48. The largest absolute Gasteiger partial charge is 0.504 e. The van der Waals surface area contributed by atoms with Crippen molar-refractivity contribution < 1.29 is 14.9 Å². The molecular formula is C12H18O3. The Hall–Kier alpha value is -1.22. The van der Waals surface area contributed by atoms with E-state index in [9.17, 15) is 10.2 Å². The molecule has 1 atom stereocenters. The zero-order chi connectivity index (χ0) is 11.3. The standard InChI is InChI=1S/C12H18O3/c1-3-4-5-10(13)9-6-7-12(15-2)11(14)8-9/h6-8,10,13-14H,3-5H2,1-2H3. The molecule has 0 bridgehead atoms. The van der Waals surface area contributed by atoms with Crippen molar-refractivity contribution in [2.24, 2.45) is 0 Å². The van der Waals surface area contributed by atoms with Crippen LogP contribution < -0.4 is 4.74 Å². The van der Waals surface area contributed by atoms with E-state index in [1.807, 2.05) is 0 Å². The number of hydrogen-bond donors (Lipinski definition) is 2. The highest BCUT2D eigenvalue weighted by Crippen LogP contribution is 2.30. The van der Waals surface area contributed by atoms with Crippen molar-refractivity contribution in [2.45, 2.75) is 32.3 Å². The van der Waals surface area contributed by atoms with Gasteiger partial charge in [0.05, 0.1) is 13.2 Å². The lowest BCUT2D eigenvalue weighted by molar-refractivity contribution is 0.164. The summed E-state index contributed by atoms with van der Waals surface area (Å²) in [4.78, 5) is 0. The number of aliphatic hydroxyl groups is 1. The highest BCUT2D eigenvalue weighted by Gasteiger charge is 2.09. The number of methoxy groups -OCH3 is 1. The van der Waals surface area contributed by atoms with Gasteiger partial charge in [-0.2, -0.15) is 0 Å². The van der Waals surface area contributed by atoms with Crippen molar-refractivity contribution in [3.8, 4) is 11.5 Å². The number of unbranched alkanes of at least 4 members (excludes halogenated alkanes) is 1. The molecule has 0 aliphatic carbocycles. The van der Waals surface area contributed by atoms with Crippen LogP contribution in [-0.2, 0) is 0 Å². The van der Waals surface area contributed by atoms with Crippen LogP contribution in [-0.4, -0.2) is 17.3 Å². The third-order valence-corrected chi connectivity index (χ3v) is 2.42. The van der Waals surface area contributed by atoms with Gasteiger partial charge in [0.1, 0.15) is 0 Å². The molecule has 15 heavy (non-hydrogen) atoms. The molecule has 0 amide bonds. The molecule has 0 aliphatic rings. The second kappa shape index (κ2) is 5.61. The monoisotopic (exact) mass is 210 g/mol. The van der Waals surface area contributed by atoms with Gasteiger partial charge in [-0.15, -0.1) is 0 Å². The van der Waals surface area contributed by atoms with Crippen molar-refractivity contribution in [3.63, 3.8) is 0 Å². The maximum Gasteiger partial charge on any atom is 0.160 e. The van der Waals surface area contributed by atoms with Crippen LogP contribution in [0.1, 0.15) is 37.9 Å². The Morgan fingerprint density at radius 1 is 1.40 bits per heavy atom. The van der Waals surface area contributed by atoms with Crippen LogP contribution in [0.15, 0.2) is 18.2 Å². The van der Waals surface area contributed by atoms with Crippen LogP contribution in [0.3, 0.4) is 0 Å². The normalized spacial score (nSPS) is 12.5. The first-order valence-corrected chi connectivity index (χ1v) is 5.24. The number of ether oxygens (including phenoxy) is 1. The molecule has 1 aromatic rings. The maximum absolute atomic E-state index is 9.79. The van der Waals surface area contributed by atoms with Crippen molar-refractivity contribution in [2.75, 3.05) is 7.11 Å². The number of phenolic OH excluding ortho intramolecular Hbond substituents is 1. The number of hydrogen-bond acceptors (Lipinski definition) is 3. The molecule has 0 spiro atoms. The maximum atomic E-state index is 9.79. The minimum atomic E-state index is -0.498. The molecule has 3 nitrogen and oxygen atoms in total. The second-order valence-electron chi connectivity index (χ2n) is 3.59. The second-order valence-corrected chi connectivity index (χ2v) is 3.59. The van der Waals surface area contributed by atoms with Crippen molar-refractivity contribution >= 4 is 0 Å². The summed E-state index contributed by atoms with van der Waals surface area (Å²) in [6, 6.07) is 5.00. The Labute approximate surface area is 90.3 Å². The SMILES string of the molecule is CCCCC(O)c1ccc(OC)c(O)c1. The highest BCUT2D eigenvalue weighted by atomic mass is 16.5. The van der Waals surface area contributed by atoms with Gasteiger partial charge in [-0.1, -0.05) is 25.8 Å². The summed E-state index contributed by atoms with van der Waals surface area (Å²) in [6.45, 7) is 2.08. The number of rotatable bonds is 5. The van der Waals surface area contributed by atoms with Gasteiger partial charge < -0.3 is 14.9 Å². The van der Waals surface area contributed by atoms with Crippen LogP contribution in [0, 0.1) is 0 Å².